The Balaban J connectivity index is 2.05. The highest BCUT2D eigenvalue weighted by atomic mass is 16.4. The van der Waals surface area contributed by atoms with Crippen LogP contribution in [0.15, 0.2) is 12.5 Å². The van der Waals surface area contributed by atoms with Crippen molar-refractivity contribution in [2.75, 3.05) is 13.1 Å². The van der Waals surface area contributed by atoms with Gasteiger partial charge in [-0.05, 0) is 19.8 Å². The van der Waals surface area contributed by atoms with E-state index < -0.39 is 42.0 Å². The Kier molecular flexibility index (Phi) is 7.67. The number of H-pyrrole nitrogens is 1. The van der Waals surface area contributed by atoms with E-state index in [1.54, 1.807) is 0 Å². The standard InChI is InChI=1S/C17H26N6O6/c1-9(24)14(22-15(26)12-3-2-4-23(12)13(25)6-18)16(27)21-11(17(28)29)5-10-7-19-8-20-10/h7-9,11-12,14,24H,2-6,18H2,1H3,(H,19,20)(H,21,27)(H,22,26)(H,28,29). The minimum Gasteiger partial charge on any atom is -0.480 e. The summed E-state index contributed by atoms with van der Waals surface area (Å²) in [7, 11) is 0. The molecule has 1 aliphatic rings. The molecule has 0 aromatic carbocycles. The number of aliphatic carboxylic acids is 1. The van der Waals surface area contributed by atoms with Crippen molar-refractivity contribution in [3.63, 3.8) is 0 Å². The Bertz CT molecular complexity index is 737. The highest BCUT2D eigenvalue weighted by Gasteiger charge is 2.37. The first-order valence-corrected chi connectivity index (χ1v) is 9.23. The lowest BCUT2D eigenvalue weighted by atomic mass is 10.1. The fourth-order valence-corrected chi connectivity index (χ4v) is 3.19. The molecule has 0 bridgehead atoms. The summed E-state index contributed by atoms with van der Waals surface area (Å²) in [6, 6.07) is -3.47. The van der Waals surface area contributed by atoms with Crippen LogP contribution in [0.5, 0.6) is 0 Å². The van der Waals surface area contributed by atoms with Crippen LogP contribution in [0.4, 0.5) is 0 Å². The Labute approximate surface area is 166 Å². The summed E-state index contributed by atoms with van der Waals surface area (Å²) in [6.45, 7) is 1.44. The first-order chi connectivity index (χ1) is 13.7. The van der Waals surface area contributed by atoms with Crippen LogP contribution in [-0.4, -0.2) is 86.1 Å². The summed E-state index contributed by atoms with van der Waals surface area (Å²) in [5, 5.41) is 24.1. The van der Waals surface area contributed by atoms with Gasteiger partial charge in [0.2, 0.25) is 17.7 Å². The zero-order chi connectivity index (χ0) is 21.6. The molecule has 0 aliphatic carbocycles. The van der Waals surface area contributed by atoms with Crippen LogP contribution in [0.3, 0.4) is 0 Å². The van der Waals surface area contributed by atoms with Crippen molar-refractivity contribution in [1.82, 2.24) is 25.5 Å². The molecule has 1 aromatic heterocycles. The molecule has 1 aromatic rings. The molecule has 12 nitrogen and oxygen atoms in total. The number of rotatable bonds is 9. The number of aromatic nitrogens is 2. The zero-order valence-electron chi connectivity index (χ0n) is 16.0. The molecule has 0 saturated carbocycles. The number of carboxylic acids is 1. The van der Waals surface area contributed by atoms with Crippen molar-refractivity contribution in [1.29, 1.82) is 0 Å². The number of carboxylic acid groups (broad SMARTS) is 1. The molecule has 7 N–H and O–H groups in total. The predicted molar refractivity (Wildman–Crippen MR) is 99.3 cm³/mol. The summed E-state index contributed by atoms with van der Waals surface area (Å²) in [5.41, 5.74) is 5.86. The summed E-state index contributed by atoms with van der Waals surface area (Å²) >= 11 is 0. The topological polar surface area (TPSA) is 191 Å². The van der Waals surface area contributed by atoms with E-state index in [2.05, 4.69) is 20.6 Å². The van der Waals surface area contributed by atoms with Gasteiger partial charge in [-0.25, -0.2) is 9.78 Å². The third-order valence-electron chi connectivity index (χ3n) is 4.71. The third-order valence-corrected chi connectivity index (χ3v) is 4.71. The van der Waals surface area contributed by atoms with Crippen LogP contribution in [-0.2, 0) is 25.6 Å². The first kappa shape index (κ1) is 22.3. The van der Waals surface area contributed by atoms with Crippen molar-refractivity contribution < 1.29 is 29.4 Å². The summed E-state index contributed by atoms with van der Waals surface area (Å²) < 4.78 is 0. The Hall–Kier alpha value is -2.99. The van der Waals surface area contributed by atoms with E-state index in [0.29, 0.717) is 25.1 Å². The molecule has 4 atom stereocenters. The highest BCUT2D eigenvalue weighted by Crippen LogP contribution is 2.17. The van der Waals surface area contributed by atoms with Gasteiger partial charge < -0.3 is 36.5 Å². The number of nitrogens with zero attached hydrogens (tertiary/aromatic N) is 2. The van der Waals surface area contributed by atoms with E-state index in [4.69, 9.17) is 5.73 Å². The second kappa shape index (κ2) is 9.98. The van der Waals surface area contributed by atoms with Gasteiger partial charge in [-0.1, -0.05) is 0 Å². The monoisotopic (exact) mass is 410 g/mol. The predicted octanol–water partition coefficient (Wildman–Crippen LogP) is -2.66. The molecule has 29 heavy (non-hydrogen) atoms. The average Bonchev–Trinajstić information content (AvgIpc) is 3.35. The van der Waals surface area contributed by atoms with E-state index in [1.807, 2.05) is 0 Å². The smallest absolute Gasteiger partial charge is 0.326 e. The maximum absolute atomic E-state index is 12.6. The molecule has 0 radical (unpaired) electrons. The quantitative estimate of drug-likeness (QED) is 0.254. The van der Waals surface area contributed by atoms with Crippen LogP contribution in [0.25, 0.3) is 0 Å². The second-order valence-corrected chi connectivity index (χ2v) is 6.86. The normalized spacial score (nSPS) is 19.3. The number of likely N-dealkylation sites (tertiary alicyclic amines) is 1. The molecular formula is C17H26N6O6. The van der Waals surface area contributed by atoms with Crippen molar-refractivity contribution in [3.05, 3.63) is 18.2 Å². The van der Waals surface area contributed by atoms with Gasteiger partial charge in [0.15, 0.2) is 0 Å². The molecule has 1 saturated heterocycles. The lowest BCUT2D eigenvalue weighted by molar-refractivity contribution is -0.143. The van der Waals surface area contributed by atoms with Crippen molar-refractivity contribution in [2.24, 2.45) is 5.73 Å². The molecule has 3 amide bonds. The van der Waals surface area contributed by atoms with E-state index >= 15 is 0 Å². The maximum Gasteiger partial charge on any atom is 0.326 e. The van der Waals surface area contributed by atoms with Gasteiger partial charge >= 0.3 is 5.97 Å². The van der Waals surface area contributed by atoms with Gasteiger partial charge in [0, 0.05) is 24.9 Å². The summed E-state index contributed by atoms with van der Waals surface area (Å²) in [4.78, 5) is 56.4. The van der Waals surface area contributed by atoms with Gasteiger partial charge in [-0.2, -0.15) is 0 Å². The molecule has 12 heteroatoms. The Morgan fingerprint density at radius 1 is 1.38 bits per heavy atom. The van der Waals surface area contributed by atoms with Gasteiger partial charge in [-0.3, -0.25) is 14.4 Å². The van der Waals surface area contributed by atoms with E-state index in [0.717, 1.165) is 0 Å². The van der Waals surface area contributed by atoms with Gasteiger partial charge in [0.1, 0.15) is 18.1 Å². The van der Waals surface area contributed by atoms with Gasteiger partial charge in [-0.15, -0.1) is 0 Å². The molecule has 2 rings (SSSR count). The molecular weight excluding hydrogens is 384 g/mol. The van der Waals surface area contributed by atoms with Crippen molar-refractivity contribution >= 4 is 23.7 Å². The third kappa shape index (κ3) is 5.74. The molecule has 4 unspecified atom stereocenters. The minimum absolute atomic E-state index is 0.0526. The number of hydrogen-bond donors (Lipinski definition) is 6. The number of imidazole rings is 1. The lowest BCUT2D eigenvalue weighted by Crippen LogP contribution is -2.59. The minimum atomic E-state index is -1.39. The van der Waals surface area contributed by atoms with E-state index in [1.165, 1.54) is 24.3 Å². The molecule has 160 valence electrons. The van der Waals surface area contributed by atoms with E-state index in [9.17, 15) is 29.4 Å². The summed E-state index contributed by atoms with van der Waals surface area (Å²) in [5.74, 6) is -3.12. The van der Waals surface area contributed by atoms with Crippen LogP contribution in [0.2, 0.25) is 0 Å². The average molecular weight is 410 g/mol. The first-order valence-electron chi connectivity index (χ1n) is 9.23. The van der Waals surface area contributed by atoms with Crippen molar-refractivity contribution in [3.8, 4) is 0 Å². The SMILES string of the molecule is CC(O)C(NC(=O)C1CCCN1C(=O)CN)C(=O)NC(Cc1cnc[nH]1)C(=O)O. The number of carbonyl (C=O) groups is 4. The fraction of sp³-hybridized carbons (Fsp3) is 0.588. The van der Waals surface area contributed by atoms with E-state index in [-0.39, 0.29) is 18.9 Å². The van der Waals surface area contributed by atoms with Crippen LogP contribution in [0, 0.1) is 0 Å². The molecule has 1 aliphatic heterocycles. The van der Waals surface area contributed by atoms with Crippen LogP contribution >= 0.6 is 0 Å². The number of nitrogens with two attached hydrogens (primary N) is 1. The lowest BCUT2D eigenvalue weighted by Gasteiger charge is -2.27. The zero-order valence-corrected chi connectivity index (χ0v) is 16.0. The van der Waals surface area contributed by atoms with Crippen LogP contribution in [0.1, 0.15) is 25.5 Å². The fourth-order valence-electron chi connectivity index (χ4n) is 3.19. The van der Waals surface area contributed by atoms with Crippen LogP contribution < -0.4 is 16.4 Å². The number of aromatic amines is 1. The number of aliphatic hydroxyl groups is 1. The largest absolute Gasteiger partial charge is 0.480 e. The second-order valence-electron chi connectivity index (χ2n) is 6.86. The van der Waals surface area contributed by atoms with Gasteiger partial charge in [0.25, 0.3) is 0 Å². The number of amides is 3. The number of carbonyl (C=O) groups excluding carboxylic acids is 3. The Morgan fingerprint density at radius 3 is 2.66 bits per heavy atom. The highest BCUT2D eigenvalue weighted by molar-refractivity contribution is 5.94. The number of aliphatic hydroxyl groups excluding tert-OH is 1. The summed E-state index contributed by atoms with van der Waals surface area (Å²) in [6.07, 6.45) is 2.48. The maximum atomic E-state index is 12.6. The molecule has 2 heterocycles. The van der Waals surface area contributed by atoms with Crippen molar-refractivity contribution in [2.45, 2.75) is 50.4 Å². The molecule has 0 spiro atoms. The molecule has 1 fully saturated rings. The Morgan fingerprint density at radius 2 is 2.10 bits per heavy atom. The van der Waals surface area contributed by atoms with Gasteiger partial charge in [0.05, 0.1) is 19.0 Å². The number of hydrogen-bond acceptors (Lipinski definition) is 7. The number of nitrogens with one attached hydrogen (secondary N) is 3.